The van der Waals surface area contributed by atoms with E-state index >= 15 is 0 Å². The fourth-order valence-corrected chi connectivity index (χ4v) is 4.17. The molecule has 1 N–H and O–H groups in total. The highest BCUT2D eigenvalue weighted by atomic mass is 35.5. The molecular weight excluding hydrogens is 356 g/mol. The molecule has 1 saturated heterocycles. The largest absolute Gasteiger partial charge is 0.444 e. The molecule has 0 saturated carbocycles. The number of thiophene rings is 1. The molecule has 0 bridgehead atoms. The number of halogens is 1. The molecule has 0 atom stereocenters. The van der Waals surface area contributed by atoms with Crippen molar-refractivity contribution in [2.45, 2.75) is 43.4 Å². The lowest BCUT2D eigenvalue weighted by Gasteiger charge is -2.32. The van der Waals surface area contributed by atoms with Crippen molar-refractivity contribution in [3.8, 4) is 0 Å². The van der Waals surface area contributed by atoms with E-state index in [0.717, 1.165) is 4.21 Å². The standard InChI is InChI=1S/C15H21ClN2O3S2/c1-15(2,3)21-14(20)18-8-6-10(7-9-18)13(19)17-23-12-5-4-11(16)22-12/h4-5,10H,6-9H2,1-3H3,(H,17,19). The normalized spacial score (nSPS) is 16.3. The van der Waals surface area contributed by atoms with E-state index in [4.69, 9.17) is 16.3 Å². The minimum Gasteiger partial charge on any atom is -0.444 e. The predicted molar refractivity (Wildman–Crippen MR) is 93.9 cm³/mol. The van der Waals surface area contributed by atoms with E-state index in [2.05, 4.69) is 4.72 Å². The van der Waals surface area contributed by atoms with Crippen LogP contribution in [0.3, 0.4) is 0 Å². The molecule has 23 heavy (non-hydrogen) atoms. The number of hydrogen-bond acceptors (Lipinski definition) is 5. The van der Waals surface area contributed by atoms with Crippen LogP contribution in [-0.2, 0) is 9.53 Å². The van der Waals surface area contributed by atoms with Gasteiger partial charge in [-0.2, -0.15) is 0 Å². The molecule has 0 radical (unpaired) electrons. The molecule has 0 aromatic carbocycles. The average Bonchev–Trinajstić information content (AvgIpc) is 2.89. The summed E-state index contributed by atoms with van der Waals surface area (Å²) < 4.78 is 9.87. The van der Waals surface area contributed by atoms with Crippen molar-refractivity contribution in [1.29, 1.82) is 0 Å². The lowest BCUT2D eigenvalue weighted by molar-refractivity contribution is -0.124. The molecule has 2 heterocycles. The summed E-state index contributed by atoms with van der Waals surface area (Å²) in [6.07, 6.45) is 0.993. The van der Waals surface area contributed by atoms with Gasteiger partial charge in [-0.05, 0) is 57.7 Å². The van der Waals surface area contributed by atoms with Crippen LogP contribution in [0.2, 0.25) is 4.34 Å². The van der Waals surface area contributed by atoms with Crippen LogP contribution in [0.5, 0.6) is 0 Å². The Morgan fingerprint density at radius 2 is 2.00 bits per heavy atom. The Hall–Kier alpha value is -0.920. The van der Waals surface area contributed by atoms with Gasteiger partial charge in [0.25, 0.3) is 0 Å². The zero-order valence-corrected chi connectivity index (χ0v) is 15.8. The minimum atomic E-state index is -0.496. The summed E-state index contributed by atoms with van der Waals surface area (Å²) in [6, 6.07) is 3.68. The number of nitrogens with zero attached hydrogens (tertiary/aromatic N) is 1. The molecule has 2 rings (SSSR count). The number of amides is 2. The third-order valence-corrected chi connectivity index (χ3v) is 5.48. The minimum absolute atomic E-state index is 0.00311. The van der Waals surface area contributed by atoms with Gasteiger partial charge in [-0.1, -0.05) is 11.6 Å². The molecule has 1 aromatic heterocycles. The van der Waals surface area contributed by atoms with Gasteiger partial charge in [-0.3, -0.25) is 9.52 Å². The van der Waals surface area contributed by atoms with Crippen molar-refractivity contribution in [2.24, 2.45) is 5.92 Å². The summed E-state index contributed by atoms with van der Waals surface area (Å²) >= 11 is 8.58. The third-order valence-electron chi connectivity index (χ3n) is 3.32. The van der Waals surface area contributed by atoms with Gasteiger partial charge >= 0.3 is 6.09 Å². The van der Waals surface area contributed by atoms with E-state index in [1.54, 1.807) is 11.0 Å². The van der Waals surface area contributed by atoms with Crippen LogP contribution in [0, 0.1) is 5.92 Å². The Balaban J connectivity index is 1.75. The Kier molecular flexibility index (Phi) is 6.22. The summed E-state index contributed by atoms with van der Waals surface area (Å²) in [5.74, 6) is -0.0695. The zero-order valence-electron chi connectivity index (χ0n) is 13.4. The maximum Gasteiger partial charge on any atom is 0.410 e. The molecule has 0 aliphatic carbocycles. The fraction of sp³-hybridized carbons (Fsp3) is 0.600. The highest BCUT2D eigenvalue weighted by Crippen LogP contribution is 2.29. The second-order valence-corrected chi connectivity index (χ2v) is 9.19. The second-order valence-electron chi connectivity index (χ2n) is 6.37. The topological polar surface area (TPSA) is 58.6 Å². The quantitative estimate of drug-likeness (QED) is 0.804. The molecule has 1 fully saturated rings. The van der Waals surface area contributed by atoms with Crippen molar-refractivity contribution < 1.29 is 14.3 Å². The smallest absolute Gasteiger partial charge is 0.410 e. The number of rotatable bonds is 3. The van der Waals surface area contributed by atoms with E-state index in [1.165, 1.54) is 23.3 Å². The lowest BCUT2D eigenvalue weighted by Crippen LogP contribution is -2.44. The first-order chi connectivity index (χ1) is 10.7. The van der Waals surface area contributed by atoms with Crippen molar-refractivity contribution in [1.82, 2.24) is 9.62 Å². The first-order valence-corrected chi connectivity index (χ1v) is 9.45. The zero-order chi connectivity index (χ0) is 17.0. The van der Waals surface area contributed by atoms with Crippen LogP contribution in [0.25, 0.3) is 0 Å². The number of hydrogen-bond donors (Lipinski definition) is 1. The molecular formula is C15H21ClN2O3S2. The molecule has 128 valence electrons. The number of carbonyl (C=O) groups excluding carboxylic acids is 2. The number of likely N-dealkylation sites (tertiary alicyclic amines) is 1. The number of nitrogens with one attached hydrogen (secondary N) is 1. The maximum atomic E-state index is 12.2. The van der Waals surface area contributed by atoms with Gasteiger partial charge in [0.2, 0.25) is 5.91 Å². The van der Waals surface area contributed by atoms with Crippen molar-refractivity contribution in [3.05, 3.63) is 16.5 Å². The number of carbonyl (C=O) groups is 2. The Bertz CT molecular complexity index is 563. The van der Waals surface area contributed by atoms with Gasteiger partial charge in [-0.15, -0.1) is 11.3 Å². The van der Waals surface area contributed by atoms with Crippen LogP contribution < -0.4 is 4.72 Å². The monoisotopic (exact) mass is 376 g/mol. The van der Waals surface area contributed by atoms with Crippen LogP contribution in [0.15, 0.2) is 16.3 Å². The summed E-state index contributed by atoms with van der Waals surface area (Å²) in [6.45, 7) is 6.63. The SMILES string of the molecule is CC(C)(C)OC(=O)N1CCC(C(=O)NSc2ccc(Cl)s2)CC1. The van der Waals surface area contributed by atoms with E-state index in [1.807, 2.05) is 26.8 Å². The molecule has 5 nitrogen and oxygen atoms in total. The first-order valence-electron chi connectivity index (χ1n) is 7.44. The first kappa shape index (κ1) is 18.4. The van der Waals surface area contributed by atoms with Gasteiger partial charge in [0.15, 0.2) is 0 Å². The Morgan fingerprint density at radius 3 is 2.52 bits per heavy atom. The molecule has 1 aliphatic heterocycles. The highest BCUT2D eigenvalue weighted by Gasteiger charge is 2.29. The summed E-state index contributed by atoms with van der Waals surface area (Å²) in [5.41, 5.74) is -0.496. The average molecular weight is 377 g/mol. The van der Waals surface area contributed by atoms with Gasteiger partial charge in [0.1, 0.15) is 5.60 Å². The van der Waals surface area contributed by atoms with E-state index in [0.29, 0.717) is 30.3 Å². The number of piperidine rings is 1. The van der Waals surface area contributed by atoms with Crippen LogP contribution >= 0.6 is 34.9 Å². The molecule has 0 spiro atoms. The summed E-state index contributed by atoms with van der Waals surface area (Å²) in [4.78, 5) is 25.8. The third kappa shape index (κ3) is 5.90. The van der Waals surface area contributed by atoms with Crippen LogP contribution in [-0.4, -0.2) is 35.6 Å². The Labute approximate surface area is 149 Å². The molecule has 0 unspecified atom stereocenters. The molecule has 2 amide bonds. The summed E-state index contributed by atoms with van der Waals surface area (Å²) in [5, 5.41) is 0. The van der Waals surface area contributed by atoms with E-state index in [9.17, 15) is 9.59 Å². The predicted octanol–water partition coefficient (Wildman–Crippen LogP) is 4.17. The van der Waals surface area contributed by atoms with Crippen molar-refractivity contribution in [2.75, 3.05) is 13.1 Å². The van der Waals surface area contributed by atoms with Crippen molar-refractivity contribution >= 4 is 46.9 Å². The number of ether oxygens (including phenoxy) is 1. The van der Waals surface area contributed by atoms with Gasteiger partial charge < -0.3 is 9.64 Å². The Morgan fingerprint density at radius 1 is 1.35 bits per heavy atom. The lowest BCUT2D eigenvalue weighted by atomic mass is 9.97. The second kappa shape index (κ2) is 7.77. The van der Waals surface area contributed by atoms with Gasteiger partial charge in [-0.25, -0.2) is 4.79 Å². The van der Waals surface area contributed by atoms with Gasteiger partial charge in [0, 0.05) is 19.0 Å². The summed E-state index contributed by atoms with van der Waals surface area (Å²) in [7, 11) is 0. The molecule has 1 aliphatic rings. The van der Waals surface area contributed by atoms with E-state index in [-0.39, 0.29) is 17.9 Å². The highest BCUT2D eigenvalue weighted by molar-refractivity contribution is 7.99. The van der Waals surface area contributed by atoms with Gasteiger partial charge in [0.05, 0.1) is 8.55 Å². The molecule has 1 aromatic rings. The fourth-order valence-electron chi connectivity index (χ4n) is 2.19. The van der Waals surface area contributed by atoms with E-state index < -0.39 is 5.60 Å². The maximum absolute atomic E-state index is 12.2. The van der Waals surface area contributed by atoms with Crippen molar-refractivity contribution in [3.63, 3.8) is 0 Å². The molecule has 8 heteroatoms. The van der Waals surface area contributed by atoms with Crippen LogP contribution in [0.4, 0.5) is 4.79 Å². The van der Waals surface area contributed by atoms with Crippen LogP contribution in [0.1, 0.15) is 33.6 Å².